The number of nitrogens with zero attached hydrogens (tertiary/aromatic N) is 1. The summed E-state index contributed by atoms with van der Waals surface area (Å²) < 4.78 is 11.5. The number of ether oxygens (including phenoxy) is 2. The Bertz CT molecular complexity index is 558. The Labute approximate surface area is 119 Å². The smallest absolute Gasteiger partial charge is 0.224 e. The van der Waals surface area contributed by atoms with Gasteiger partial charge in [-0.2, -0.15) is 0 Å². The van der Waals surface area contributed by atoms with E-state index in [9.17, 15) is 0 Å². The first-order valence-corrected chi connectivity index (χ1v) is 6.78. The normalized spacial score (nSPS) is 11.9. The molecule has 1 aromatic heterocycles. The van der Waals surface area contributed by atoms with E-state index >= 15 is 0 Å². The molecular weight excluding hydrogens is 252 g/mol. The summed E-state index contributed by atoms with van der Waals surface area (Å²) in [5.74, 6) is 2.00. The molecule has 0 aliphatic carbocycles. The number of nitrogens with one attached hydrogen (secondary N) is 1. The van der Waals surface area contributed by atoms with Gasteiger partial charge in [-0.25, -0.2) is 4.98 Å². The lowest BCUT2D eigenvalue weighted by molar-refractivity contribution is 0.318. The Morgan fingerprint density at radius 2 is 1.90 bits per heavy atom. The van der Waals surface area contributed by atoms with Crippen LogP contribution in [0.5, 0.6) is 17.4 Å². The topological polar surface area (TPSA) is 43.4 Å². The monoisotopic (exact) mass is 272 g/mol. The fourth-order valence-electron chi connectivity index (χ4n) is 1.89. The number of hydrogen-bond acceptors (Lipinski definition) is 4. The van der Waals surface area contributed by atoms with E-state index in [1.54, 1.807) is 6.20 Å². The Balaban J connectivity index is 2.30. The van der Waals surface area contributed by atoms with E-state index in [1.165, 1.54) is 0 Å². The van der Waals surface area contributed by atoms with Crippen molar-refractivity contribution in [2.75, 3.05) is 13.7 Å². The highest BCUT2D eigenvalue weighted by atomic mass is 16.5. The lowest BCUT2D eigenvalue weighted by Crippen LogP contribution is -2.13. The second kappa shape index (κ2) is 6.91. The van der Waals surface area contributed by atoms with Gasteiger partial charge in [-0.1, -0.05) is 18.2 Å². The largest absolute Gasteiger partial charge is 0.490 e. The van der Waals surface area contributed by atoms with Crippen molar-refractivity contribution in [3.63, 3.8) is 0 Å². The van der Waals surface area contributed by atoms with Gasteiger partial charge in [-0.15, -0.1) is 0 Å². The summed E-state index contributed by atoms with van der Waals surface area (Å²) in [6.45, 7) is 4.62. The number of aromatic nitrogens is 1. The molecule has 1 heterocycles. The van der Waals surface area contributed by atoms with Crippen LogP contribution in [0, 0.1) is 0 Å². The first-order chi connectivity index (χ1) is 9.76. The van der Waals surface area contributed by atoms with Crippen LogP contribution in [-0.2, 0) is 0 Å². The maximum atomic E-state index is 5.94. The summed E-state index contributed by atoms with van der Waals surface area (Å²) in [5, 5.41) is 3.20. The van der Waals surface area contributed by atoms with E-state index in [2.05, 4.69) is 17.2 Å². The summed E-state index contributed by atoms with van der Waals surface area (Å²) in [6, 6.07) is 11.7. The van der Waals surface area contributed by atoms with Gasteiger partial charge >= 0.3 is 0 Å². The van der Waals surface area contributed by atoms with Gasteiger partial charge in [-0.05, 0) is 39.1 Å². The van der Waals surface area contributed by atoms with Gasteiger partial charge < -0.3 is 14.8 Å². The summed E-state index contributed by atoms with van der Waals surface area (Å²) in [4.78, 5) is 4.33. The maximum Gasteiger partial charge on any atom is 0.224 e. The van der Waals surface area contributed by atoms with Crippen LogP contribution in [-0.4, -0.2) is 18.6 Å². The van der Waals surface area contributed by atoms with Gasteiger partial charge in [0.05, 0.1) is 6.61 Å². The van der Waals surface area contributed by atoms with Crippen molar-refractivity contribution in [3.8, 4) is 17.4 Å². The molecule has 1 atom stereocenters. The van der Waals surface area contributed by atoms with Crippen molar-refractivity contribution in [1.29, 1.82) is 0 Å². The molecule has 2 rings (SSSR count). The summed E-state index contributed by atoms with van der Waals surface area (Å²) >= 11 is 0. The molecule has 106 valence electrons. The minimum absolute atomic E-state index is 0.165. The lowest BCUT2D eigenvalue weighted by Gasteiger charge is -2.16. The third kappa shape index (κ3) is 3.27. The first-order valence-electron chi connectivity index (χ1n) is 6.78. The van der Waals surface area contributed by atoms with Crippen LogP contribution >= 0.6 is 0 Å². The predicted molar refractivity (Wildman–Crippen MR) is 79.4 cm³/mol. The van der Waals surface area contributed by atoms with E-state index in [-0.39, 0.29) is 6.04 Å². The van der Waals surface area contributed by atoms with Gasteiger partial charge in [-0.3, -0.25) is 0 Å². The Hall–Kier alpha value is -2.07. The van der Waals surface area contributed by atoms with Gasteiger partial charge in [0.25, 0.3) is 0 Å². The van der Waals surface area contributed by atoms with Gasteiger partial charge in [0, 0.05) is 17.8 Å². The standard InChI is InChI=1S/C16H20N2O2/c1-4-19-14-9-5-6-10-15(14)20-16-13(12(2)17-3)8-7-11-18-16/h5-12,17H,4H2,1-3H3. The SMILES string of the molecule is CCOc1ccccc1Oc1ncccc1C(C)NC. The molecule has 1 N–H and O–H groups in total. The molecule has 1 aromatic carbocycles. The average molecular weight is 272 g/mol. The van der Waals surface area contributed by atoms with Crippen molar-refractivity contribution in [2.24, 2.45) is 0 Å². The van der Waals surface area contributed by atoms with Gasteiger partial charge in [0.2, 0.25) is 5.88 Å². The van der Waals surface area contributed by atoms with Crippen molar-refractivity contribution >= 4 is 0 Å². The number of hydrogen-bond donors (Lipinski definition) is 1. The summed E-state index contributed by atoms with van der Waals surface area (Å²) in [5.41, 5.74) is 1.02. The number of benzene rings is 1. The van der Waals surface area contributed by atoms with Crippen molar-refractivity contribution < 1.29 is 9.47 Å². The number of para-hydroxylation sites is 2. The van der Waals surface area contributed by atoms with Crippen LogP contribution in [0.3, 0.4) is 0 Å². The molecule has 2 aromatic rings. The van der Waals surface area contributed by atoms with Crippen LogP contribution in [0.15, 0.2) is 42.6 Å². The molecule has 0 bridgehead atoms. The highest BCUT2D eigenvalue weighted by Gasteiger charge is 2.13. The predicted octanol–water partition coefficient (Wildman–Crippen LogP) is 3.55. The molecule has 0 fully saturated rings. The van der Waals surface area contributed by atoms with Crippen LogP contribution < -0.4 is 14.8 Å². The highest BCUT2D eigenvalue weighted by Crippen LogP contribution is 2.33. The molecule has 1 unspecified atom stereocenters. The van der Waals surface area contributed by atoms with E-state index in [4.69, 9.17) is 9.47 Å². The molecule has 0 saturated heterocycles. The first kappa shape index (κ1) is 14.3. The molecule has 0 spiro atoms. The third-order valence-electron chi connectivity index (χ3n) is 3.06. The van der Waals surface area contributed by atoms with E-state index in [0.717, 1.165) is 11.3 Å². The summed E-state index contributed by atoms with van der Waals surface area (Å²) in [6.07, 6.45) is 1.73. The quantitative estimate of drug-likeness (QED) is 0.873. The zero-order valence-corrected chi connectivity index (χ0v) is 12.1. The van der Waals surface area contributed by atoms with E-state index < -0.39 is 0 Å². The van der Waals surface area contributed by atoms with Crippen LogP contribution in [0.4, 0.5) is 0 Å². The molecule has 0 aliphatic heterocycles. The van der Waals surface area contributed by atoms with Crippen molar-refractivity contribution in [2.45, 2.75) is 19.9 Å². The zero-order chi connectivity index (χ0) is 14.4. The maximum absolute atomic E-state index is 5.94. The van der Waals surface area contributed by atoms with Crippen LogP contribution in [0.25, 0.3) is 0 Å². The molecule has 20 heavy (non-hydrogen) atoms. The van der Waals surface area contributed by atoms with Crippen LogP contribution in [0.1, 0.15) is 25.5 Å². The molecular formula is C16H20N2O2. The molecule has 0 saturated carbocycles. The lowest BCUT2D eigenvalue weighted by atomic mass is 10.1. The molecule has 4 heteroatoms. The highest BCUT2D eigenvalue weighted by molar-refractivity contribution is 5.43. The van der Waals surface area contributed by atoms with Crippen molar-refractivity contribution in [3.05, 3.63) is 48.2 Å². The Kier molecular flexibility index (Phi) is 4.96. The fourth-order valence-corrected chi connectivity index (χ4v) is 1.89. The van der Waals surface area contributed by atoms with Gasteiger partial charge in [0.1, 0.15) is 0 Å². The minimum atomic E-state index is 0.165. The van der Waals surface area contributed by atoms with E-state index in [0.29, 0.717) is 18.2 Å². The fraction of sp³-hybridized carbons (Fsp3) is 0.312. The number of rotatable bonds is 6. The second-order valence-electron chi connectivity index (χ2n) is 4.39. The Morgan fingerprint density at radius 1 is 1.15 bits per heavy atom. The van der Waals surface area contributed by atoms with Crippen molar-refractivity contribution in [1.82, 2.24) is 10.3 Å². The van der Waals surface area contributed by atoms with E-state index in [1.807, 2.05) is 50.4 Å². The third-order valence-corrected chi connectivity index (χ3v) is 3.06. The van der Waals surface area contributed by atoms with Crippen LogP contribution in [0.2, 0.25) is 0 Å². The van der Waals surface area contributed by atoms with Gasteiger partial charge in [0.15, 0.2) is 11.5 Å². The molecule has 0 amide bonds. The summed E-state index contributed by atoms with van der Waals surface area (Å²) in [7, 11) is 1.91. The Morgan fingerprint density at radius 3 is 2.60 bits per heavy atom. The molecule has 0 radical (unpaired) electrons. The minimum Gasteiger partial charge on any atom is -0.490 e. The zero-order valence-electron chi connectivity index (χ0n) is 12.1. The average Bonchev–Trinajstić information content (AvgIpc) is 2.49. The second-order valence-corrected chi connectivity index (χ2v) is 4.39. The molecule has 0 aliphatic rings. The number of pyridine rings is 1. The molecule has 4 nitrogen and oxygen atoms in total.